The van der Waals surface area contributed by atoms with Gasteiger partial charge in [-0.25, -0.2) is 0 Å². The molecule has 1 N–H and O–H groups in total. The molecule has 3 rings (SSSR count). The van der Waals surface area contributed by atoms with Crippen molar-refractivity contribution in [1.82, 2.24) is 5.32 Å². The van der Waals surface area contributed by atoms with Crippen molar-refractivity contribution >= 4 is 0 Å². The minimum Gasteiger partial charge on any atom is -0.460 e. The molecule has 0 bridgehead atoms. The van der Waals surface area contributed by atoms with E-state index in [1.54, 1.807) is 5.57 Å². The van der Waals surface area contributed by atoms with E-state index in [-0.39, 0.29) is 0 Å². The van der Waals surface area contributed by atoms with Crippen LogP contribution in [0.2, 0.25) is 0 Å². The van der Waals surface area contributed by atoms with E-state index in [0.29, 0.717) is 0 Å². The Bertz CT molecular complexity index is 583. The molecule has 0 radical (unpaired) electrons. The van der Waals surface area contributed by atoms with Gasteiger partial charge in [0.25, 0.3) is 0 Å². The second-order valence-corrected chi connectivity index (χ2v) is 5.67. The van der Waals surface area contributed by atoms with Crippen LogP contribution in [-0.2, 0) is 6.54 Å². The predicted octanol–water partition coefficient (Wildman–Crippen LogP) is 4.93. The quantitative estimate of drug-likeness (QED) is 0.600. The Morgan fingerprint density at radius 1 is 1.00 bits per heavy atom. The third-order valence-corrected chi connectivity index (χ3v) is 4.03. The molecule has 1 aliphatic rings. The van der Waals surface area contributed by atoms with Crippen LogP contribution in [0.4, 0.5) is 0 Å². The highest BCUT2D eigenvalue weighted by molar-refractivity contribution is 5.57. The summed E-state index contributed by atoms with van der Waals surface area (Å²) in [5.74, 6) is 1.95. The molecule has 0 amide bonds. The molecule has 110 valence electrons. The summed E-state index contributed by atoms with van der Waals surface area (Å²) >= 11 is 0. The van der Waals surface area contributed by atoms with Gasteiger partial charge in [-0.2, -0.15) is 0 Å². The lowest BCUT2D eigenvalue weighted by atomic mass is 9.97. The van der Waals surface area contributed by atoms with Crippen molar-refractivity contribution in [1.29, 1.82) is 0 Å². The maximum absolute atomic E-state index is 5.88. The van der Waals surface area contributed by atoms with Crippen LogP contribution in [0, 0.1) is 0 Å². The molecule has 1 aromatic carbocycles. The Morgan fingerprint density at radius 3 is 2.71 bits per heavy atom. The standard InChI is InChI=1S/C19H23NO/c1-3-7-16(8-4-1)13-14-20-15-18-11-12-19(21-18)17-9-5-2-6-10-17/h2,5-7,9-12,20H,1,3-4,8,13-15H2. The SMILES string of the molecule is C1=C(CCNCc2ccc(-c3ccccc3)o2)CCCC1. The summed E-state index contributed by atoms with van der Waals surface area (Å²) in [5.41, 5.74) is 2.76. The monoisotopic (exact) mass is 281 g/mol. The number of benzene rings is 1. The first-order valence-corrected chi connectivity index (χ1v) is 7.94. The molecule has 0 spiro atoms. The van der Waals surface area contributed by atoms with E-state index in [1.165, 1.54) is 32.1 Å². The van der Waals surface area contributed by atoms with Gasteiger partial charge in [-0.05, 0) is 50.8 Å². The van der Waals surface area contributed by atoms with Gasteiger partial charge in [0.15, 0.2) is 0 Å². The molecule has 1 aliphatic carbocycles. The van der Waals surface area contributed by atoms with Gasteiger partial charge in [0.05, 0.1) is 6.54 Å². The molecule has 1 aromatic heterocycles. The first kappa shape index (κ1) is 14.2. The molecular formula is C19H23NO. The Kier molecular flexibility index (Phi) is 4.90. The molecule has 0 fully saturated rings. The van der Waals surface area contributed by atoms with Crippen LogP contribution < -0.4 is 5.32 Å². The van der Waals surface area contributed by atoms with Gasteiger partial charge in [0, 0.05) is 5.56 Å². The van der Waals surface area contributed by atoms with Crippen molar-refractivity contribution in [2.45, 2.75) is 38.6 Å². The van der Waals surface area contributed by atoms with E-state index in [0.717, 1.165) is 30.2 Å². The second kappa shape index (κ2) is 7.28. The first-order chi connectivity index (χ1) is 10.4. The van der Waals surface area contributed by atoms with Gasteiger partial charge >= 0.3 is 0 Å². The topological polar surface area (TPSA) is 25.2 Å². The predicted molar refractivity (Wildman–Crippen MR) is 87.0 cm³/mol. The molecule has 0 saturated heterocycles. The molecule has 0 atom stereocenters. The van der Waals surface area contributed by atoms with Crippen LogP contribution in [0.3, 0.4) is 0 Å². The van der Waals surface area contributed by atoms with Crippen molar-refractivity contribution in [2.75, 3.05) is 6.54 Å². The third kappa shape index (κ3) is 4.08. The summed E-state index contributed by atoms with van der Waals surface area (Å²) in [6, 6.07) is 14.4. The number of nitrogens with one attached hydrogen (secondary N) is 1. The summed E-state index contributed by atoms with van der Waals surface area (Å²) < 4.78 is 5.88. The molecule has 2 aromatic rings. The first-order valence-electron chi connectivity index (χ1n) is 7.94. The van der Waals surface area contributed by atoms with Gasteiger partial charge in [-0.15, -0.1) is 0 Å². The molecule has 0 unspecified atom stereocenters. The van der Waals surface area contributed by atoms with E-state index >= 15 is 0 Å². The zero-order chi connectivity index (χ0) is 14.3. The number of hydrogen-bond acceptors (Lipinski definition) is 2. The van der Waals surface area contributed by atoms with E-state index in [4.69, 9.17) is 4.42 Å². The molecular weight excluding hydrogens is 258 g/mol. The highest BCUT2D eigenvalue weighted by atomic mass is 16.3. The Balaban J connectivity index is 1.46. The number of allylic oxidation sites excluding steroid dienone is 1. The van der Waals surface area contributed by atoms with Crippen LogP contribution in [0.5, 0.6) is 0 Å². The van der Waals surface area contributed by atoms with Gasteiger partial charge in [-0.1, -0.05) is 42.0 Å². The molecule has 21 heavy (non-hydrogen) atoms. The fraction of sp³-hybridized carbons (Fsp3) is 0.368. The van der Waals surface area contributed by atoms with Crippen LogP contribution in [0.1, 0.15) is 37.9 Å². The smallest absolute Gasteiger partial charge is 0.134 e. The van der Waals surface area contributed by atoms with E-state index in [9.17, 15) is 0 Å². The Morgan fingerprint density at radius 2 is 1.90 bits per heavy atom. The van der Waals surface area contributed by atoms with Gasteiger partial charge in [0.2, 0.25) is 0 Å². The fourth-order valence-electron chi connectivity index (χ4n) is 2.82. The largest absolute Gasteiger partial charge is 0.460 e. The average Bonchev–Trinajstić information content (AvgIpc) is 3.02. The summed E-state index contributed by atoms with van der Waals surface area (Å²) in [4.78, 5) is 0. The summed E-state index contributed by atoms with van der Waals surface area (Å²) in [6.45, 7) is 1.84. The van der Waals surface area contributed by atoms with Crippen molar-refractivity contribution in [3.8, 4) is 11.3 Å². The van der Waals surface area contributed by atoms with Gasteiger partial charge in [0.1, 0.15) is 11.5 Å². The summed E-state index contributed by atoms with van der Waals surface area (Å²) in [5, 5.41) is 3.48. The lowest BCUT2D eigenvalue weighted by molar-refractivity contribution is 0.493. The average molecular weight is 281 g/mol. The number of hydrogen-bond donors (Lipinski definition) is 1. The number of furan rings is 1. The lowest BCUT2D eigenvalue weighted by Gasteiger charge is -2.12. The molecule has 2 heteroatoms. The highest BCUT2D eigenvalue weighted by Gasteiger charge is 2.05. The highest BCUT2D eigenvalue weighted by Crippen LogP contribution is 2.22. The Hall–Kier alpha value is -1.80. The maximum atomic E-state index is 5.88. The van der Waals surface area contributed by atoms with Gasteiger partial charge < -0.3 is 9.73 Å². The minimum absolute atomic E-state index is 0.806. The van der Waals surface area contributed by atoms with Crippen molar-refractivity contribution in [3.05, 3.63) is 59.9 Å². The minimum atomic E-state index is 0.806. The van der Waals surface area contributed by atoms with Crippen molar-refractivity contribution < 1.29 is 4.42 Å². The van der Waals surface area contributed by atoms with Crippen LogP contribution in [0.15, 0.2) is 58.5 Å². The normalized spacial score (nSPS) is 15.0. The fourth-order valence-corrected chi connectivity index (χ4v) is 2.82. The second-order valence-electron chi connectivity index (χ2n) is 5.67. The van der Waals surface area contributed by atoms with Crippen LogP contribution in [0.25, 0.3) is 11.3 Å². The zero-order valence-electron chi connectivity index (χ0n) is 12.5. The molecule has 0 saturated carbocycles. The summed E-state index contributed by atoms with van der Waals surface area (Å²) in [6.07, 6.45) is 8.89. The summed E-state index contributed by atoms with van der Waals surface area (Å²) in [7, 11) is 0. The molecule has 1 heterocycles. The van der Waals surface area contributed by atoms with Crippen molar-refractivity contribution in [2.24, 2.45) is 0 Å². The van der Waals surface area contributed by atoms with Gasteiger partial charge in [-0.3, -0.25) is 0 Å². The van der Waals surface area contributed by atoms with E-state index in [1.807, 2.05) is 18.2 Å². The molecule has 0 aliphatic heterocycles. The van der Waals surface area contributed by atoms with E-state index < -0.39 is 0 Å². The number of rotatable bonds is 6. The third-order valence-electron chi connectivity index (χ3n) is 4.03. The molecule has 2 nitrogen and oxygen atoms in total. The maximum Gasteiger partial charge on any atom is 0.134 e. The lowest BCUT2D eigenvalue weighted by Crippen LogP contribution is -2.15. The Labute approximate surface area is 126 Å². The van der Waals surface area contributed by atoms with Crippen LogP contribution in [-0.4, -0.2) is 6.54 Å². The van der Waals surface area contributed by atoms with Crippen molar-refractivity contribution in [3.63, 3.8) is 0 Å². The van der Waals surface area contributed by atoms with E-state index in [2.05, 4.69) is 35.7 Å². The van der Waals surface area contributed by atoms with Crippen LogP contribution >= 0.6 is 0 Å². The zero-order valence-corrected chi connectivity index (χ0v) is 12.5.